The molecule has 132 valence electrons. The van der Waals surface area contributed by atoms with Gasteiger partial charge in [-0.25, -0.2) is 0 Å². The van der Waals surface area contributed by atoms with E-state index in [0.717, 1.165) is 5.69 Å². The van der Waals surface area contributed by atoms with E-state index in [-0.39, 0.29) is 23.9 Å². The Balaban J connectivity index is 2.13. The van der Waals surface area contributed by atoms with Crippen LogP contribution in [0.4, 0.5) is 17.1 Å². The molecule has 0 aliphatic heterocycles. The average Bonchev–Trinajstić information content (AvgIpc) is 2.56. The molecule has 0 spiro atoms. The molecule has 0 atom stereocenters. The molecule has 0 radical (unpaired) electrons. The molecular weight excluding hydrogens is 324 g/mol. The van der Waals surface area contributed by atoms with Gasteiger partial charge in [-0.15, -0.1) is 0 Å². The van der Waals surface area contributed by atoms with Crippen molar-refractivity contribution in [3.63, 3.8) is 0 Å². The number of pyridine rings is 1. The van der Waals surface area contributed by atoms with Crippen molar-refractivity contribution in [2.24, 2.45) is 0 Å². The molecule has 0 unspecified atom stereocenters. The van der Waals surface area contributed by atoms with Gasteiger partial charge in [-0.2, -0.15) is 4.57 Å². The van der Waals surface area contributed by atoms with Gasteiger partial charge in [0, 0.05) is 49.7 Å². The van der Waals surface area contributed by atoms with E-state index in [1.54, 1.807) is 11.5 Å². The lowest BCUT2D eigenvalue weighted by atomic mass is 10.1. The second kappa shape index (κ2) is 7.61. The van der Waals surface area contributed by atoms with Crippen molar-refractivity contribution in [1.29, 1.82) is 0 Å². The van der Waals surface area contributed by atoms with Crippen molar-refractivity contribution in [3.8, 4) is 5.75 Å². The first-order valence-electron chi connectivity index (χ1n) is 7.61. The summed E-state index contributed by atoms with van der Waals surface area (Å²) in [4.78, 5) is 24.7. The molecule has 1 heterocycles. The van der Waals surface area contributed by atoms with Crippen LogP contribution in [0.25, 0.3) is 0 Å². The molecule has 8 nitrogen and oxygen atoms in total. The topological polar surface area (TPSA) is 88.6 Å². The summed E-state index contributed by atoms with van der Waals surface area (Å²) in [6, 6.07) is 6.67. The van der Waals surface area contributed by atoms with Gasteiger partial charge in [-0.1, -0.05) is 0 Å². The third kappa shape index (κ3) is 4.43. The Labute approximate surface area is 145 Å². The number of aromatic nitrogens is 1. The van der Waals surface area contributed by atoms with E-state index in [2.05, 4.69) is 5.32 Å². The summed E-state index contributed by atoms with van der Waals surface area (Å²) in [5.41, 5.74) is 1.98. The Morgan fingerprint density at radius 1 is 1.32 bits per heavy atom. The van der Waals surface area contributed by atoms with Crippen LogP contribution in [0, 0.1) is 17.0 Å². The van der Waals surface area contributed by atoms with Crippen molar-refractivity contribution in [2.45, 2.75) is 13.5 Å². The van der Waals surface area contributed by atoms with Gasteiger partial charge in [0.05, 0.1) is 12.0 Å². The summed E-state index contributed by atoms with van der Waals surface area (Å²) in [5.74, 6) is -0.129. The number of rotatable bonds is 6. The molecule has 0 bridgehead atoms. The van der Waals surface area contributed by atoms with Gasteiger partial charge in [-0.05, 0) is 12.5 Å². The van der Waals surface area contributed by atoms with Crippen LogP contribution in [-0.2, 0) is 11.3 Å². The van der Waals surface area contributed by atoms with E-state index < -0.39 is 4.92 Å². The van der Waals surface area contributed by atoms with E-state index in [9.17, 15) is 14.9 Å². The lowest BCUT2D eigenvalue weighted by Crippen LogP contribution is -2.39. The van der Waals surface area contributed by atoms with Crippen LogP contribution >= 0.6 is 0 Å². The third-order valence-electron chi connectivity index (χ3n) is 3.71. The van der Waals surface area contributed by atoms with E-state index >= 15 is 0 Å². The molecule has 1 aromatic carbocycles. The maximum absolute atomic E-state index is 12.3. The van der Waals surface area contributed by atoms with E-state index in [1.165, 1.54) is 19.2 Å². The highest BCUT2D eigenvalue weighted by Gasteiger charge is 2.19. The molecule has 0 aliphatic rings. The molecular formula is C17H21N4O4+. The van der Waals surface area contributed by atoms with Gasteiger partial charge in [0.15, 0.2) is 18.1 Å². The lowest BCUT2D eigenvalue weighted by molar-refractivity contribution is -0.684. The van der Waals surface area contributed by atoms with Crippen LogP contribution in [0.1, 0.15) is 5.56 Å². The molecule has 0 saturated carbocycles. The Morgan fingerprint density at radius 2 is 1.96 bits per heavy atom. The van der Waals surface area contributed by atoms with Crippen LogP contribution in [0.2, 0.25) is 0 Å². The molecule has 0 fully saturated rings. The maximum atomic E-state index is 12.3. The van der Waals surface area contributed by atoms with Crippen LogP contribution < -0.4 is 19.5 Å². The summed E-state index contributed by atoms with van der Waals surface area (Å²) in [6.45, 7) is 1.83. The Bertz CT molecular complexity index is 788. The number of aryl methyl sites for hydroxylation is 1. The first-order chi connectivity index (χ1) is 11.8. The molecule has 8 heteroatoms. The number of nitrogens with one attached hydrogen (secondary N) is 1. The van der Waals surface area contributed by atoms with Crippen LogP contribution in [0.5, 0.6) is 5.75 Å². The fourth-order valence-corrected chi connectivity index (χ4v) is 2.32. The number of hydrogen-bond acceptors (Lipinski definition) is 5. The largest absolute Gasteiger partial charge is 0.490 e. The fourth-order valence-electron chi connectivity index (χ4n) is 2.32. The average molecular weight is 345 g/mol. The standard InChI is InChI=1S/C17H20N4O4/c1-12-9-15(21(23)24)16(25-4)10-14(12)18-17(22)11-20-7-5-13(6-8-20)19(2)3/h5-10H,11H2,1-4H3/p+1. The van der Waals surface area contributed by atoms with Crippen LogP contribution in [0.15, 0.2) is 36.7 Å². The number of carbonyl (C=O) groups excluding carboxylic acids is 1. The van der Waals surface area contributed by atoms with Gasteiger partial charge in [0.1, 0.15) is 0 Å². The normalized spacial score (nSPS) is 10.2. The number of anilines is 2. The second-order valence-electron chi connectivity index (χ2n) is 5.77. The Morgan fingerprint density at radius 3 is 2.48 bits per heavy atom. The summed E-state index contributed by atoms with van der Waals surface area (Å²) >= 11 is 0. The van der Waals surface area contributed by atoms with Crippen LogP contribution in [-0.4, -0.2) is 32.0 Å². The smallest absolute Gasteiger partial charge is 0.311 e. The highest BCUT2D eigenvalue weighted by molar-refractivity contribution is 5.91. The van der Waals surface area contributed by atoms with Gasteiger partial charge < -0.3 is 15.0 Å². The highest BCUT2D eigenvalue weighted by atomic mass is 16.6. The second-order valence-corrected chi connectivity index (χ2v) is 5.77. The molecule has 0 saturated heterocycles. The van der Waals surface area contributed by atoms with Crippen LogP contribution in [0.3, 0.4) is 0 Å². The number of hydrogen-bond donors (Lipinski definition) is 1. The SMILES string of the molecule is COc1cc(NC(=O)C[n+]2ccc(N(C)C)cc2)c(C)cc1[N+](=O)[O-]. The molecule has 1 N–H and O–H groups in total. The predicted octanol–water partition coefficient (Wildman–Crippen LogP) is 1.90. The molecule has 2 aromatic rings. The number of ether oxygens (including phenoxy) is 1. The number of methoxy groups -OCH3 is 1. The summed E-state index contributed by atoms with van der Waals surface area (Å²) in [7, 11) is 5.24. The van der Waals surface area contributed by atoms with Crippen molar-refractivity contribution < 1.29 is 19.0 Å². The lowest BCUT2D eigenvalue weighted by Gasteiger charge is -2.11. The minimum atomic E-state index is -0.514. The van der Waals surface area contributed by atoms with Crippen molar-refractivity contribution in [2.75, 3.05) is 31.4 Å². The number of nitro benzene ring substituents is 1. The van der Waals surface area contributed by atoms with Gasteiger partial charge in [0.2, 0.25) is 6.54 Å². The predicted molar refractivity (Wildman–Crippen MR) is 94.0 cm³/mol. The molecule has 2 rings (SSSR count). The van der Waals surface area contributed by atoms with Crippen molar-refractivity contribution >= 4 is 23.0 Å². The molecule has 1 amide bonds. The fraction of sp³-hybridized carbons (Fsp3) is 0.294. The summed E-state index contributed by atoms with van der Waals surface area (Å²) in [6.07, 6.45) is 3.64. The van der Waals surface area contributed by atoms with Crippen molar-refractivity contribution in [3.05, 3.63) is 52.3 Å². The van der Waals surface area contributed by atoms with E-state index in [1.807, 2.05) is 43.5 Å². The first kappa shape index (κ1) is 18.2. The highest BCUT2D eigenvalue weighted by Crippen LogP contribution is 2.32. The van der Waals surface area contributed by atoms with Gasteiger partial charge >= 0.3 is 5.69 Å². The summed E-state index contributed by atoms with van der Waals surface area (Å²) < 4.78 is 6.79. The first-order valence-corrected chi connectivity index (χ1v) is 7.61. The maximum Gasteiger partial charge on any atom is 0.311 e. The number of nitrogens with zero attached hydrogens (tertiary/aromatic N) is 3. The minimum absolute atomic E-state index is 0.105. The minimum Gasteiger partial charge on any atom is -0.490 e. The zero-order valence-corrected chi connectivity index (χ0v) is 14.6. The molecule has 0 aliphatic carbocycles. The molecule has 25 heavy (non-hydrogen) atoms. The monoisotopic (exact) mass is 345 g/mol. The van der Waals surface area contributed by atoms with Gasteiger partial charge in [-0.3, -0.25) is 14.9 Å². The number of amides is 1. The molecule has 1 aromatic heterocycles. The van der Waals surface area contributed by atoms with E-state index in [4.69, 9.17) is 4.74 Å². The zero-order valence-electron chi connectivity index (χ0n) is 14.6. The number of nitro groups is 1. The Kier molecular flexibility index (Phi) is 5.53. The quantitative estimate of drug-likeness (QED) is 0.491. The number of benzene rings is 1. The van der Waals surface area contributed by atoms with Crippen molar-refractivity contribution in [1.82, 2.24) is 0 Å². The summed E-state index contributed by atoms with van der Waals surface area (Å²) in [5, 5.41) is 13.8. The third-order valence-corrected chi connectivity index (χ3v) is 3.71. The van der Waals surface area contributed by atoms with Gasteiger partial charge in [0.25, 0.3) is 5.91 Å². The number of carbonyl (C=O) groups is 1. The van der Waals surface area contributed by atoms with E-state index in [0.29, 0.717) is 11.3 Å². The Hall–Kier alpha value is -3.16. The zero-order chi connectivity index (χ0) is 18.6.